The van der Waals surface area contributed by atoms with Crippen molar-refractivity contribution in [1.82, 2.24) is 0 Å². The fourth-order valence-corrected chi connectivity index (χ4v) is 1.54. The van der Waals surface area contributed by atoms with Crippen LogP contribution in [0.2, 0.25) is 0 Å². The topological polar surface area (TPSA) is 105 Å². The van der Waals surface area contributed by atoms with Gasteiger partial charge in [-0.2, -0.15) is 0 Å². The number of rotatable bonds is 6. The van der Waals surface area contributed by atoms with Gasteiger partial charge in [-0.05, 0) is 32.0 Å². The van der Waals surface area contributed by atoms with Gasteiger partial charge in [0.1, 0.15) is 6.61 Å². The van der Waals surface area contributed by atoms with E-state index in [1.165, 1.54) is 25.1 Å². The van der Waals surface area contributed by atoms with Gasteiger partial charge in [-0.25, -0.2) is 4.79 Å². The molecule has 7 nitrogen and oxygen atoms in total. The first-order valence-corrected chi connectivity index (χ1v) is 6.36. The van der Waals surface area contributed by atoms with E-state index in [0.29, 0.717) is 5.69 Å². The van der Waals surface area contributed by atoms with Crippen molar-refractivity contribution in [2.45, 2.75) is 26.9 Å². The monoisotopic (exact) mass is 294 g/mol. The molecule has 0 atom stereocenters. The smallest absolute Gasteiger partial charge is 0.337 e. The highest BCUT2D eigenvalue weighted by atomic mass is 16.5. The zero-order chi connectivity index (χ0) is 16.0. The molecule has 0 unspecified atom stereocenters. The lowest BCUT2D eigenvalue weighted by Crippen LogP contribution is -2.22. The first kappa shape index (κ1) is 16.6. The van der Waals surface area contributed by atoms with E-state index in [4.69, 9.17) is 9.84 Å². The molecule has 0 aliphatic rings. The van der Waals surface area contributed by atoms with Gasteiger partial charge in [-0.3, -0.25) is 9.59 Å². The van der Waals surface area contributed by atoms with Crippen LogP contribution in [0.4, 0.5) is 11.4 Å². The average molecular weight is 294 g/mol. The number of carboxylic acid groups (broad SMARTS) is 1. The molecule has 0 heterocycles. The summed E-state index contributed by atoms with van der Waals surface area (Å²) in [6.07, 6.45) is -0.100. The average Bonchev–Trinajstić information content (AvgIpc) is 2.37. The van der Waals surface area contributed by atoms with Gasteiger partial charge < -0.3 is 20.5 Å². The van der Waals surface area contributed by atoms with Crippen molar-refractivity contribution in [3.8, 4) is 0 Å². The Bertz CT molecular complexity index is 554. The van der Waals surface area contributed by atoms with E-state index < -0.39 is 11.9 Å². The summed E-state index contributed by atoms with van der Waals surface area (Å²) < 4.78 is 5.14. The van der Waals surface area contributed by atoms with Gasteiger partial charge in [-0.1, -0.05) is 0 Å². The molecule has 0 saturated heterocycles. The number of anilines is 2. The lowest BCUT2D eigenvalue weighted by atomic mass is 10.1. The highest BCUT2D eigenvalue weighted by molar-refractivity contribution is 6.02. The van der Waals surface area contributed by atoms with E-state index >= 15 is 0 Å². The van der Waals surface area contributed by atoms with E-state index in [0.717, 1.165) is 0 Å². The second kappa shape index (κ2) is 7.39. The van der Waals surface area contributed by atoms with Crippen molar-refractivity contribution in [2.24, 2.45) is 0 Å². The van der Waals surface area contributed by atoms with E-state index in [1.807, 2.05) is 0 Å². The Balaban J connectivity index is 2.88. The maximum absolute atomic E-state index is 11.7. The first-order valence-electron chi connectivity index (χ1n) is 6.36. The van der Waals surface area contributed by atoms with Gasteiger partial charge in [0.15, 0.2) is 0 Å². The number of nitrogens with one attached hydrogen (secondary N) is 2. The number of ether oxygens (including phenoxy) is 1. The second-order valence-electron chi connectivity index (χ2n) is 4.65. The summed E-state index contributed by atoms with van der Waals surface area (Å²) in [4.78, 5) is 33.8. The third kappa shape index (κ3) is 5.62. The summed E-state index contributed by atoms with van der Waals surface area (Å²) >= 11 is 0. The Labute approximate surface area is 122 Å². The van der Waals surface area contributed by atoms with Crippen LogP contribution in [0.3, 0.4) is 0 Å². The van der Waals surface area contributed by atoms with Gasteiger partial charge in [0.2, 0.25) is 11.8 Å². The molecule has 1 aromatic carbocycles. The fourth-order valence-electron chi connectivity index (χ4n) is 1.54. The number of hydrogen-bond donors (Lipinski definition) is 3. The molecule has 0 aliphatic carbocycles. The molecule has 114 valence electrons. The molecule has 0 fully saturated rings. The number of carbonyl (C=O) groups is 3. The van der Waals surface area contributed by atoms with Crippen molar-refractivity contribution >= 4 is 29.2 Å². The van der Waals surface area contributed by atoms with E-state index in [9.17, 15) is 14.4 Å². The molecule has 0 aromatic heterocycles. The van der Waals surface area contributed by atoms with Crippen LogP contribution in [0.5, 0.6) is 0 Å². The summed E-state index contributed by atoms with van der Waals surface area (Å²) in [5, 5.41) is 14.1. The predicted octanol–water partition coefficient (Wildman–Crippen LogP) is 1.71. The third-order valence-electron chi connectivity index (χ3n) is 2.39. The first-order chi connectivity index (χ1) is 9.79. The van der Waals surface area contributed by atoms with Gasteiger partial charge >= 0.3 is 5.97 Å². The largest absolute Gasteiger partial charge is 0.478 e. The summed E-state index contributed by atoms with van der Waals surface area (Å²) in [5.74, 6) is -1.96. The molecule has 0 radical (unpaired) electrons. The molecule has 21 heavy (non-hydrogen) atoms. The molecule has 3 N–H and O–H groups in total. The molecular formula is C14H18N2O5. The van der Waals surface area contributed by atoms with Crippen LogP contribution in [-0.4, -0.2) is 35.6 Å². The molecule has 7 heteroatoms. The van der Waals surface area contributed by atoms with Gasteiger partial charge in [0.05, 0.1) is 17.4 Å². The van der Waals surface area contributed by atoms with Crippen LogP contribution < -0.4 is 10.6 Å². The van der Waals surface area contributed by atoms with Crippen LogP contribution in [0.15, 0.2) is 18.2 Å². The van der Waals surface area contributed by atoms with Crippen molar-refractivity contribution < 1.29 is 24.2 Å². The maximum atomic E-state index is 11.7. The molecular weight excluding hydrogens is 276 g/mol. The molecule has 1 aromatic rings. The third-order valence-corrected chi connectivity index (χ3v) is 2.39. The number of aromatic carboxylic acids is 1. The zero-order valence-electron chi connectivity index (χ0n) is 12.1. The Kier molecular flexibility index (Phi) is 5.86. The number of amides is 2. The van der Waals surface area contributed by atoms with Crippen LogP contribution >= 0.6 is 0 Å². The summed E-state index contributed by atoms with van der Waals surface area (Å²) in [5.41, 5.74) is 0.379. The Morgan fingerprint density at radius 3 is 2.43 bits per heavy atom. The minimum absolute atomic E-state index is 0.100. The molecule has 0 saturated carbocycles. The van der Waals surface area contributed by atoms with Crippen molar-refractivity contribution in [1.29, 1.82) is 0 Å². The minimum Gasteiger partial charge on any atom is -0.478 e. The normalized spacial score (nSPS) is 10.3. The molecule has 2 amide bonds. The van der Waals surface area contributed by atoms with Crippen molar-refractivity contribution in [2.75, 3.05) is 17.2 Å². The number of benzene rings is 1. The van der Waals surface area contributed by atoms with E-state index in [-0.39, 0.29) is 29.9 Å². The summed E-state index contributed by atoms with van der Waals surface area (Å²) in [7, 11) is 0. The summed E-state index contributed by atoms with van der Waals surface area (Å²) in [6, 6.07) is 4.21. The standard InChI is InChI=1S/C14H18N2O5/c1-8(2)21-7-13(18)16-12-5-4-10(15-9(3)17)6-11(12)14(19)20/h4-6,8H,7H2,1-3H3,(H,15,17)(H,16,18)(H,19,20). The van der Waals surface area contributed by atoms with Gasteiger partial charge in [0, 0.05) is 12.6 Å². The van der Waals surface area contributed by atoms with Crippen LogP contribution in [0.1, 0.15) is 31.1 Å². The molecule has 0 aliphatic heterocycles. The molecule has 1 rings (SSSR count). The van der Waals surface area contributed by atoms with Crippen LogP contribution in [0, 0.1) is 0 Å². The van der Waals surface area contributed by atoms with Crippen LogP contribution in [-0.2, 0) is 14.3 Å². The lowest BCUT2D eigenvalue weighted by molar-refractivity contribution is -0.122. The highest BCUT2D eigenvalue weighted by Gasteiger charge is 2.14. The van der Waals surface area contributed by atoms with Crippen molar-refractivity contribution in [3.05, 3.63) is 23.8 Å². The van der Waals surface area contributed by atoms with E-state index in [2.05, 4.69) is 10.6 Å². The quantitative estimate of drug-likeness (QED) is 0.740. The number of carboxylic acids is 1. The van der Waals surface area contributed by atoms with E-state index in [1.54, 1.807) is 13.8 Å². The summed E-state index contributed by atoms with van der Waals surface area (Å²) in [6.45, 7) is 4.74. The lowest BCUT2D eigenvalue weighted by Gasteiger charge is -2.12. The second-order valence-corrected chi connectivity index (χ2v) is 4.65. The Hall–Kier alpha value is -2.41. The Morgan fingerprint density at radius 1 is 1.24 bits per heavy atom. The predicted molar refractivity (Wildman–Crippen MR) is 77.4 cm³/mol. The van der Waals surface area contributed by atoms with Gasteiger partial charge in [-0.15, -0.1) is 0 Å². The Morgan fingerprint density at radius 2 is 1.90 bits per heavy atom. The number of hydrogen-bond acceptors (Lipinski definition) is 4. The minimum atomic E-state index is -1.21. The SMILES string of the molecule is CC(=O)Nc1ccc(NC(=O)COC(C)C)c(C(=O)O)c1. The number of carbonyl (C=O) groups excluding carboxylic acids is 2. The maximum Gasteiger partial charge on any atom is 0.337 e. The molecule has 0 spiro atoms. The van der Waals surface area contributed by atoms with Crippen LogP contribution in [0.25, 0.3) is 0 Å². The molecule has 0 bridgehead atoms. The van der Waals surface area contributed by atoms with Gasteiger partial charge in [0.25, 0.3) is 0 Å². The highest BCUT2D eigenvalue weighted by Crippen LogP contribution is 2.21. The fraction of sp³-hybridized carbons (Fsp3) is 0.357. The van der Waals surface area contributed by atoms with Crippen molar-refractivity contribution in [3.63, 3.8) is 0 Å². The zero-order valence-corrected chi connectivity index (χ0v) is 12.1.